The fourth-order valence-corrected chi connectivity index (χ4v) is 1.23. The van der Waals surface area contributed by atoms with Gasteiger partial charge in [-0.15, -0.1) is 12.4 Å². The molecule has 0 aliphatic heterocycles. The van der Waals surface area contributed by atoms with Crippen LogP contribution in [-0.4, -0.2) is 9.55 Å². The number of aromatic nitrogens is 2. The van der Waals surface area contributed by atoms with Crippen molar-refractivity contribution in [1.29, 1.82) is 0 Å². The van der Waals surface area contributed by atoms with Crippen LogP contribution in [0.5, 0.6) is 0 Å². The molecule has 0 spiro atoms. The Morgan fingerprint density at radius 2 is 2.27 bits per heavy atom. The summed E-state index contributed by atoms with van der Waals surface area (Å²) in [5.41, 5.74) is 7.08. The molecule has 0 atom stereocenters. The monoisotopic (exact) mass is 173 g/mol. The van der Waals surface area contributed by atoms with Crippen LogP contribution in [0.25, 0.3) is 0 Å². The van der Waals surface area contributed by atoms with Gasteiger partial charge in [-0.25, -0.2) is 4.98 Å². The highest BCUT2D eigenvalue weighted by Gasteiger charge is 2.42. The van der Waals surface area contributed by atoms with Crippen LogP contribution in [0.4, 0.5) is 0 Å². The molecule has 3 nitrogen and oxygen atoms in total. The number of nitrogens with zero attached hydrogens (tertiary/aromatic N) is 2. The standard InChI is InChI=1S/C7H11N3.ClH/c1-10-5-9-4-6(10)7(8)2-3-7;/h4-5H,2-3,8H2,1H3;1H. The molecule has 0 bridgehead atoms. The SMILES string of the molecule is Cl.Cn1cncc1C1(N)CC1. The van der Waals surface area contributed by atoms with Gasteiger partial charge in [0.05, 0.1) is 17.6 Å². The van der Waals surface area contributed by atoms with Gasteiger partial charge < -0.3 is 10.3 Å². The molecule has 0 amide bonds. The van der Waals surface area contributed by atoms with E-state index in [0.29, 0.717) is 0 Å². The van der Waals surface area contributed by atoms with Gasteiger partial charge in [0.25, 0.3) is 0 Å². The average Bonchev–Trinajstić information content (AvgIpc) is 2.44. The predicted molar refractivity (Wildman–Crippen MR) is 45.6 cm³/mol. The zero-order valence-electron chi connectivity index (χ0n) is 6.45. The minimum absolute atomic E-state index is 0. The molecule has 62 valence electrons. The lowest BCUT2D eigenvalue weighted by Gasteiger charge is -2.07. The van der Waals surface area contributed by atoms with Crippen LogP contribution in [0.15, 0.2) is 12.5 Å². The van der Waals surface area contributed by atoms with Crippen LogP contribution in [0.2, 0.25) is 0 Å². The first-order valence-corrected chi connectivity index (χ1v) is 3.48. The van der Waals surface area contributed by atoms with Crippen LogP contribution < -0.4 is 5.73 Å². The molecular weight excluding hydrogens is 162 g/mol. The van der Waals surface area contributed by atoms with Crippen molar-refractivity contribution >= 4 is 12.4 Å². The Kier molecular flexibility index (Phi) is 1.94. The molecule has 1 heterocycles. The Morgan fingerprint density at radius 1 is 1.64 bits per heavy atom. The molecule has 0 unspecified atom stereocenters. The molecule has 1 aliphatic carbocycles. The van der Waals surface area contributed by atoms with Crippen molar-refractivity contribution in [3.05, 3.63) is 18.2 Å². The highest BCUT2D eigenvalue weighted by molar-refractivity contribution is 5.85. The van der Waals surface area contributed by atoms with E-state index in [9.17, 15) is 0 Å². The predicted octanol–water partition coefficient (Wildman–Crippen LogP) is 0.790. The summed E-state index contributed by atoms with van der Waals surface area (Å²) < 4.78 is 1.99. The van der Waals surface area contributed by atoms with E-state index in [2.05, 4.69) is 4.98 Å². The Balaban J connectivity index is 0.000000605. The fraction of sp³-hybridized carbons (Fsp3) is 0.571. The van der Waals surface area contributed by atoms with Gasteiger partial charge in [-0.2, -0.15) is 0 Å². The maximum absolute atomic E-state index is 5.95. The van der Waals surface area contributed by atoms with Crippen LogP contribution in [0.1, 0.15) is 18.5 Å². The quantitative estimate of drug-likeness (QED) is 0.683. The third kappa shape index (κ3) is 1.26. The molecular formula is C7H12ClN3. The van der Waals surface area contributed by atoms with Crippen molar-refractivity contribution < 1.29 is 0 Å². The van der Waals surface area contributed by atoms with Crippen LogP contribution in [0.3, 0.4) is 0 Å². The molecule has 0 saturated heterocycles. The first kappa shape index (κ1) is 8.56. The number of rotatable bonds is 1. The van der Waals surface area contributed by atoms with E-state index >= 15 is 0 Å². The molecule has 2 rings (SSSR count). The zero-order valence-corrected chi connectivity index (χ0v) is 7.27. The summed E-state index contributed by atoms with van der Waals surface area (Å²) in [5.74, 6) is 0. The minimum atomic E-state index is -0.0365. The van der Waals surface area contributed by atoms with Crippen molar-refractivity contribution in [1.82, 2.24) is 9.55 Å². The van der Waals surface area contributed by atoms with Gasteiger partial charge in [-0.05, 0) is 12.8 Å². The molecule has 1 fully saturated rings. The van der Waals surface area contributed by atoms with Crippen molar-refractivity contribution in [2.45, 2.75) is 18.4 Å². The molecule has 1 aromatic rings. The Hall–Kier alpha value is -0.540. The first-order chi connectivity index (χ1) is 4.72. The number of nitrogens with two attached hydrogens (primary N) is 1. The molecule has 0 aromatic carbocycles. The van der Waals surface area contributed by atoms with Gasteiger partial charge in [-0.1, -0.05) is 0 Å². The Labute approximate surface area is 72.0 Å². The van der Waals surface area contributed by atoms with E-state index in [4.69, 9.17) is 5.73 Å². The summed E-state index contributed by atoms with van der Waals surface area (Å²) in [6.45, 7) is 0. The lowest BCUT2D eigenvalue weighted by molar-refractivity contribution is 0.658. The van der Waals surface area contributed by atoms with Gasteiger partial charge in [-0.3, -0.25) is 0 Å². The Bertz CT molecular complexity index is 252. The van der Waals surface area contributed by atoms with Gasteiger partial charge in [0.1, 0.15) is 0 Å². The normalized spacial score (nSPS) is 19.1. The Morgan fingerprint density at radius 3 is 2.64 bits per heavy atom. The zero-order chi connectivity index (χ0) is 7.19. The maximum atomic E-state index is 5.95. The number of halogens is 1. The van der Waals surface area contributed by atoms with E-state index in [1.54, 1.807) is 6.33 Å². The topological polar surface area (TPSA) is 43.8 Å². The molecule has 4 heteroatoms. The summed E-state index contributed by atoms with van der Waals surface area (Å²) in [6.07, 6.45) is 5.86. The lowest BCUT2D eigenvalue weighted by atomic mass is 10.2. The summed E-state index contributed by atoms with van der Waals surface area (Å²) >= 11 is 0. The fourth-order valence-electron chi connectivity index (χ4n) is 1.23. The molecule has 11 heavy (non-hydrogen) atoms. The van der Waals surface area contributed by atoms with Crippen LogP contribution >= 0.6 is 12.4 Å². The summed E-state index contributed by atoms with van der Waals surface area (Å²) in [6, 6.07) is 0. The van der Waals surface area contributed by atoms with Crippen molar-refractivity contribution in [3.63, 3.8) is 0 Å². The lowest BCUT2D eigenvalue weighted by Crippen LogP contribution is -2.21. The number of imidazole rings is 1. The summed E-state index contributed by atoms with van der Waals surface area (Å²) in [4.78, 5) is 4.01. The van der Waals surface area contributed by atoms with Gasteiger partial charge >= 0.3 is 0 Å². The molecule has 1 saturated carbocycles. The maximum Gasteiger partial charge on any atom is 0.0946 e. The smallest absolute Gasteiger partial charge is 0.0946 e. The summed E-state index contributed by atoms with van der Waals surface area (Å²) in [7, 11) is 1.98. The summed E-state index contributed by atoms with van der Waals surface area (Å²) in [5, 5.41) is 0. The molecule has 2 N–H and O–H groups in total. The van der Waals surface area contributed by atoms with E-state index in [-0.39, 0.29) is 17.9 Å². The number of aryl methyl sites for hydroxylation is 1. The molecule has 1 aromatic heterocycles. The van der Waals surface area contributed by atoms with E-state index in [0.717, 1.165) is 18.5 Å². The average molecular weight is 174 g/mol. The molecule has 1 aliphatic rings. The highest BCUT2D eigenvalue weighted by Crippen LogP contribution is 2.41. The second kappa shape index (κ2) is 2.50. The second-order valence-electron chi connectivity index (χ2n) is 3.05. The second-order valence-corrected chi connectivity index (χ2v) is 3.05. The first-order valence-electron chi connectivity index (χ1n) is 3.48. The number of hydrogen-bond acceptors (Lipinski definition) is 2. The van der Waals surface area contributed by atoms with Crippen LogP contribution in [0, 0.1) is 0 Å². The van der Waals surface area contributed by atoms with E-state index in [1.807, 2.05) is 17.8 Å². The molecule has 0 radical (unpaired) electrons. The van der Waals surface area contributed by atoms with Gasteiger partial charge in [0.15, 0.2) is 0 Å². The minimum Gasteiger partial charge on any atom is -0.336 e. The largest absolute Gasteiger partial charge is 0.336 e. The van der Waals surface area contributed by atoms with Crippen molar-refractivity contribution in [2.75, 3.05) is 0 Å². The number of hydrogen-bond donors (Lipinski definition) is 1. The van der Waals surface area contributed by atoms with Crippen molar-refractivity contribution in [3.8, 4) is 0 Å². The van der Waals surface area contributed by atoms with Gasteiger partial charge in [0, 0.05) is 13.2 Å². The highest BCUT2D eigenvalue weighted by atomic mass is 35.5. The van der Waals surface area contributed by atoms with E-state index < -0.39 is 0 Å². The third-order valence-corrected chi connectivity index (χ3v) is 2.12. The van der Waals surface area contributed by atoms with Crippen LogP contribution in [-0.2, 0) is 12.6 Å². The third-order valence-electron chi connectivity index (χ3n) is 2.12. The van der Waals surface area contributed by atoms with Crippen molar-refractivity contribution in [2.24, 2.45) is 12.8 Å². The van der Waals surface area contributed by atoms with Gasteiger partial charge in [0.2, 0.25) is 0 Å². The van der Waals surface area contributed by atoms with E-state index in [1.165, 1.54) is 0 Å².